The maximum atomic E-state index is 13.4. The van der Waals surface area contributed by atoms with Crippen molar-refractivity contribution in [3.8, 4) is 11.4 Å². The van der Waals surface area contributed by atoms with Crippen LogP contribution in [0, 0.1) is 10.6 Å². The van der Waals surface area contributed by atoms with Crippen molar-refractivity contribution in [2.75, 3.05) is 19.7 Å². The largest absolute Gasteiger partial charge is 0.376 e. The van der Waals surface area contributed by atoms with Gasteiger partial charge < -0.3 is 9.64 Å². The predicted molar refractivity (Wildman–Crippen MR) is 109 cm³/mol. The average Bonchev–Trinajstić information content (AvgIpc) is 3.28. The van der Waals surface area contributed by atoms with Gasteiger partial charge >= 0.3 is 0 Å². The van der Waals surface area contributed by atoms with Crippen molar-refractivity contribution < 1.29 is 14.0 Å². The van der Waals surface area contributed by atoms with E-state index in [-0.39, 0.29) is 11.9 Å². The lowest BCUT2D eigenvalue weighted by molar-refractivity contribution is -0.924. The van der Waals surface area contributed by atoms with Crippen LogP contribution in [0.2, 0.25) is 0 Å². The highest BCUT2D eigenvalue weighted by Crippen LogP contribution is 2.22. The average molecular weight is 406 g/mol. The lowest BCUT2D eigenvalue weighted by Gasteiger charge is -2.21. The first-order chi connectivity index (χ1) is 13.7. The number of benzene rings is 1. The maximum absolute atomic E-state index is 13.4. The van der Waals surface area contributed by atoms with E-state index in [1.54, 1.807) is 17.0 Å². The van der Waals surface area contributed by atoms with Crippen molar-refractivity contribution in [2.45, 2.75) is 64.3 Å². The van der Waals surface area contributed by atoms with Gasteiger partial charge in [-0.1, -0.05) is 6.42 Å². The van der Waals surface area contributed by atoms with Gasteiger partial charge in [-0.05, 0) is 75.0 Å². The molecular weight excluding hydrogens is 375 g/mol. The van der Waals surface area contributed by atoms with Gasteiger partial charge in [-0.3, -0.25) is 4.57 Å². The summed E-state index contributed by atoms with van der Waals surface area (Å²) in [6.45, 7) is 4.67. The molecule has 0 amide bonds. The molecule has 7 heteroatoms. The molecular formula is C21H30FN4OS+. The first kappa shape index (κ1) is 19.7. The highest BCUT2D eigenvalue weighted by Gasteiger charge is 2.22. The number of nitrogens with one attached hydrogen (secondary N) is 1. The van der Waals surface area contributed by atoms with Crippen LogP contribution in [0.4, 0.5) is 4.39 Å². The monoisotopic (exact) mass is 405 g/mol. The number of hydrogen-bond acceptors (Lipinski definition) is 3. The summed E-state index contributed by atoms with van der Waals surface area (Å²) in [5, 5.41) is 4.88. The summed E-state index contributed by atoms with van der Waals surface area (Å²) in [6, 6.07) is 6.53. The van der Waals surface area contributed by atoms with Gasteiger partial charge in [0.15, 0.2) is 12.5 Å². The van der Waals surface area contributed by atoms with E-state index in [4.69, 9.17) is 22.1 Å². The Morgan fingerprint density at radius 3 is 2.46 bits per heavy atom. The zero-order valence-electron chi connectivity index (χ0n) is 16.4. The van der Waals surface area contributed by atoms with Crippen LogP contribution in [-0.2, 0) is 18.0 Å². The minimum absolute atomic E-state index is 0.178. The highest BCUT2D eigenvalue weighted by atomic mass is 32.1. The van der Waals surface area contributed by atoms with Gasteiger partial charge in [0.05, 0.1) is 25.7 Å². The number of rotatable bonds is 5. The molecule has 0 bridgehead atoms. The fraction of sp³-hybridized carbons (Fsp3) is 0.619. The van der Waals surface area contributed by atoms with E-state index in [1.165, 1.54) is 57.3 Å². The Balaban J connectivity index is 1.62. The second-order valence-corrected chi connectivity index (χ2v) is 8.40. The summed E-state index contributed by atoms with van der Waals surface area (Å²) < 4.78 is 24.1. The Morgan fingerprint density at radius 1 is 1.07 bits per heavy atom. The molecule has 2 saturated heterocycles. The van der Waals surface area contributed by atoms with E-state index < -0.39 is 0 Å². The molecule has 152 valence electrons. The van der Waals surface area contributed by atoms with Gasteiger partial charge in [-0.25, -0.2) is 4.39 Å². The van der Waals surface area contributed by atoms with Crippen LogP contribution in [0.3, 0.4) is 0 Å². The molecule has 1 aromatic heterocycles. The number of aromatic nitrogens is 3. The van der Waals surface area contributed by atoms with Crippen LogP contribution in [0.1, 0.15) is 44.9 Å². The van der Waals surface area contributed by atoms with Crippen LogP contribution < -0.4 is 4.90 Å². The van der Waals surface area contributed by atoms with Gasteiger partial charge in [0.2, 0.25) is 4.77 Å². The van der Waals surface area contributed by atoms with E-state index >= 15 is 0 Å². The molecule has 0 saturated carbocycles. The van der Waals surface area contributed by atoms with E-state index in [9.17, 15) is 4.39 Å². The Bertz CT molecular complexity index is 818. The smallest absolute Gasteiger partial charge is 0.203 e. The van der Waals surface area contributed by atoms with Crippen LogP contribution in [0.15, 0.2) is 24.3 Å². The molecule has 5 nitrogen and oxygen atoms in total. The summed E-state index contributed by atoms with van der Waals surface area (Å²) >= 11 is 5.82. The summed E-state index contributed by atoms with van der Waals surface area (Å²) in [5.41, 5.74) is 0.895. The molecule has 0 aliphatic carbocycles. The van der Waals surface area contributed by atoms with E-state index in [0.717, 1.165) is 42.3 Å². The van der Waals surface area contributed by atoms with Crippen LogP contribution >= 0.6 is 12.2 Å². The zero-order valence-corrected chi connectivity index (χ0v) is 17.2. The summed E-state index contributed by atoms with van der Waals surface area (Å²) in [7, 11) is 0. The van der Waals surface area contributed by atoms with E-state index in [0.29, 0.717) is 6.54 Å². The van der Waals surface area contributed by atoms with E-state index in [1.807, 2.05) is 4.68 Å². The van der Waals surface area contributed by atoms with Crippen molar-refractivity contribution in [2.24, 2.45) is 0 Å². The molecule has 1 aromatic carbocycles. The topological polar surface area (TPSA) is 36.4 Å². The number of halogens is 1. The second kappa shape index (κ2) is 9.29. The number of nitrogens with zero attached hydrogens (tertiary/aromatic N) is 3. The summed E-state index contributed by atoms with van der Waals surface area (Å²) in [5.74, 6) is 0.574. The van der Waals surface area contributed by atoms with Gasteiger partial charge in [-0.15, -0.1) is 5.10 Å². The first-order valence-electron chi connectivity index (χ1n) is 10.6. The Morgan fingerprint density at radius 2 is 1.79 bits per heavy atom. The molecule has 28 heavy (non-hydrogen) atoms. The lowest BCUT2D eigenvalue weighted by atomic mass is 10.1. The van der Waals surface area contributed by atoms with Crippen molar-refractivity contribution in [1.29, 1.82) is 0 Å². The third kappa shape index (κ3) is 4.70. The zero-order chi connectivity index (χ0) is 19.3. The molecule has 2 aliphatic heterocycles. The second-order valence-electron chi connectivity index (χ2n) is 8.03. The molecule has 1 atom stereocenters. The van der Waals surface area contributed by atoms with Gasteiger partial charge in [0.1, 0.15) is 5.82 Å². The normalized spacial score (nSPS) is 21.5. The summed E-state index contributed by atoms with van der Waals surface area (Å²) in [6.07, 6.45) is 8.86. The van der Waals surface area contributed by atoms with Crippen molar-refractivity contribution in [3.63, 3.8) is 0 Å². The first-order valence-corrected chi connectivity index (χ1v) is 11.0. The molecule has 1 N–H and O–H groups in total. The van der Waals surface area contributed by atoms with E-state index in [2.05, 4.69) is 4.57 Å². The van der Waals surface area contributed by atoms with Gasteiger partial charge in [-0.2, -0.15) is 4.68 Å². The Hall–Kier alpha value is -1.57. The van der Waals surface area contributed by atoms with Crippen molar-refractivity contribution >= 4 is 12.2 Å². The highest BCUT2D eigenvalue weighted by molar-refractivity contribution is 7.71. The third-order valence-electron chi connectivity index (χ3n) is 5.87. The van der Waals surface area contributed by atoms with Crippen LogP contribution in [0.25, 0.3) is 11.4 Å². The number of ether oxygens (including phenoxy) is 1. The maximum Gasteiger partial charge on any atom is 0.203 e. The van der Waals surface area contributed by atoms with Gasteiger partial charge in [0, 0.05) is 12.2 Å². The molecule has 3 heterocycles. The van der Waals surface area contributed by atoms with Crippen molar-refractivity contribution in [3.05, 3.63) is 34.9 Å². The van der Waals surface area contributed by atoms with Crippen LogP contribution in [0.5, 0.6) is 0 Å². The quantitative estimate of drug-likeness (QED) is 0.776. The minimum atomic E-state index is -0.238. The molecule has 2 aromatic rings. The molecule has 0 spiro atoms. The molecule has 4 rings (SSSR count). The fourth-order valence-corrected chi connectivity index (χ4v) is 4.55. The molecule has 2 aliphatic rings. The molecule has 0 radical (unpaired) electrons. The predicted octanol–water partition coefficient (Wildman–Crippen LogP) is 3.21. The molecule has 0 unspecified atom stereocenters. The minimum Gasteiger partial charge on any atom is -0.376 e. The van der Waals surface area contributed by atoms with Gasteiger partial charge in [0.25, 0.3) is 0 Å². The third-order valence-corrected chi connectivity index (χ3v) is 6.30. The number of quaternary nitrogens is 1. The SMILES string of the molecule is Fc1ccc(-c2nn(C[NH+]3CCCCCCC3)c(=S)n2C[C@H]2CCCO2)cc1. The Labute approximate surface area is 171 Å². The lowest BCUT2D eigenvalue weighted by Crippen LogP contribution is -3.11. The van der Waals surface area contributed by atoms with Crippen LogP contribution in [-0.4, -0.2) is 40.1 Å². The molecule has 2 fully saturated rings. The Kier molecular flexibility index (Phi) is 6.54. The van der Waals surface area contributed by atoms with Crippen molar-refractivity contribution in [1.82, 2.24) is 14.3 Å². The fourth-order valence-electron chi connectivity index (χ4n) is 4.29. The summed E-state index contributed by atoms with van der Waals surface area (Å²) in [4.78, 5) is 1.54. The number of hydrogen-bond donors (Lipinski definition) is 1. The standard InChI is InChI=1S/C21H29FN4OS/c22-18-10-8-17(9-11-18)20-23-26(16-24-12-4-2-1-3-5-13-24)21(28)25(20)15-19-7-6-14-27-19/h8-11,19H,1-7,12-16H2/p+1/t19-/m1/s1. The number of likely N-dealkylation sites (tertiary alicyclic amines) is 1.